The summed E-state index contributed by atoms with van der Waals surface area (Å²) in [7, 11) is 0. The molecule has 0 atom stereocenters. The Morgan fingerprint density at radius 2 is 1.56 bits per heavy atom. The Morgan fingerprint density at radius 1 is 0.812 bits per heavy atom. The highest BCUT2D eigenvalue weighted by atomic mass is 14.7. The second-order valence-corrected chi connectivity index (χ2v) is 3.67. The maximum Gasteiger partial charge on any atom is 0.0788 e. The summed E-state index contributed by atoms with van der Waals surface area (Å²) in [6.45, 7) is 0. The number of rotatable bonds is 1. The molecule has 0 unspecified atom stereocenters. The molecular weight excluding hydrogens is 194 g/mol. The maximum absolute atomic E-state index is 4.59. The van der Waals surface area contributed by atoms with E-state index in [9.17, 15) is 0 Å². The summed E-state index contributed by atoms with van der Waals surface area (Å²) >= 11 is 0. The van der Waals surface area contributed by atoms with Crippen LogP contribution in [0.3, 0.4) is 0 Å². The van der Waals surface area contributed by atoms with Crippen LogP contribution in [0.25, 0.3) is 22.2 Å². The van der Waals surface area contributed by atoms with Crippen molar-refractivity contribution in [1.29, 1.82) is 0 Å². The SMILES string of the molecule is [c]1cc2ccccc2nc1-c1ccccc1. The van der Waals surface area contributed by atoms with Crippen LogP contribution in [-0.2, 0) is 0 Å². The lowest BCUT2D eigenvalue weighted by Gasteiger charge is -2.01. The third-order valence-electron chi connectivity index (χ3n) is 2.58. The molecule has 16 heavy (non-hydrogen) atoms. The monoisotopic (exact) mass is 204 g/mol. The third-order valence-corrected chi connectivity index (χ3v) is 2.58. The fourth-order valence-electron chi connectivity index (χ4n) is 1.75. The van der Waals surface area contributed by atoms with Crippen LogP contribution in [0.2, 0.25) is 0 Å². The van der Waals surface area contributed by atoms with Crippen molar-refractivity contribution in [3.63, 3.8) is 0 Å². The number of nitrogens with zero attached hydrogens (tertiary/aromatic N) is 1. The molecule has 75 valence electrons. The molecule has 0 saturated heterocycles. The topological polar surface area (TPSA) is 12.9 Å². The summed E-state index contributed by atoms with van der Waals surface area (Å²) in [5.41, 5.74) is 3.02. The molecule has 0 aliphatic carbocycles. The number of benzene rings is 2. The zero-order valence-electron chi connectivity index (χ0n) is 8.72. The van der Waals surface area contributed by atoms with Gasteiger partial charge in [0.05, 0.1) is 11.2 Å². The fourth-order valence-corrected chi connectivity index (χ4v) is 1.75. The van der Waals surface area contributed by atoms with Gasteiger partial charge in [-0.05, 0) is 12.1 Å². The highest BCUT2D eigenvalue weighted by Crippen LogP contribution is 2.19. The van der Waals surface area contributed by atoms with E-state index in [1.165, 1.54) is 0 Å². The van der Waals surface area contributed by atoms with E-state index in [1.807, 2.05) is 60.7 Å². The predicted molar refractivity (Wildman–Crippen MR) is 66.0 cm³/mol. The molecule has 3 aromatic rings. The quantitative estimate of drug-likeness (QED) is 0.589. The number of pyridine rings is 1. The highest BCUT2D eigenvalue weighted by molar-refractivity contribution is 5.81. The van der Waals surface area contributed by atoms with Crippen LogP contribution in [0.5, 0.6) is 0 Å². The van der Waals surface area contributed by atoms with Crippen LogP contribution >= 0.6 is 0 Å². The van der Waals surface area contributed by atoms with Crippen LogP contribution in [0.4, 0.5) is 0 Å². The van der Waals surface area contributed by atoms with Crippen molar-refractivity contribution in [1.82, 2.24) is 4.98 Å². The highest BCUT2D eigenvalue weighted by Gasteiger charge is 2.00. The molecule has 0 amide bonds. The van der Waals surface area contributed by atoms with E-state index < -0.39 is 0 Å². The van der Waals surface area contributed by atoms with Crippen molar-refractivity contribution in [3.8, 4) is 11.3 Å². The molecule has 0 fully saturated rings. The van der Waals surface area contributed by atoms with Crippen molar-refractivity contribution >= 4 is 10.9 Å². The van der Waals surface area contributed by atoms with E-state index in [0.29, 0.717) is 0 Å². The van der Waals surface area contributed by atoms with Gasteiger partial charge in [-0.1, -0.05) is 48.5 Å². The zero-order valence-corrected chi connectivity index (χ0v) is 8.72. The normalized spacial score (nSPS) is 10.5. The minimum atomic E-state index is 0.902. The van der Waals surface area contributed by atoms with Gasteiger partial charge in [0, 0.05) is 17.0 Å². The zero-order chi connectivity index (χ0) is 10.8. The molecule has 0 bridgehead atoms. The Labute approximate surface area is 94.4 Å². The van der Waals surface area contributed by atoms with E-state index in [0.717, 1.165) is 22.2 Å². The minimum absolute atomic E-state index is 0.902. The molecule has 1 heteroatoms. The Balaban J connectivity index is 2.19. The first kappa shape index (κ1) is 9.10. The summed E-state index contributed by atoms with van der Waals surface area (Å²) in [5.74, 6) is 0. The predicted octanol–water partition coefficient (Wildman–Crippen LogP) is 3.70. The Bertz CT molecular complexity index is 614. The second-order valence-electron chi connectivity index (χ2n) is 3.67. The van der Waals surface area contributed by atoms with Gasteiger partial charge in [0.25, 0.3) is 0 Å². The molecule has 2 aromatic carbocycles. The number of fused-ring (bicyclic) bond motifs is 1. The van der Waals surface area contributed by atoms with Crippen molar-refractivity contribution in [3.05, 3.63) is 66.7 Å². The first-order chi connectivity index (χ1) is 7.93. The Hall–Kier alpha value is -2.15. The third kappa shape index (κ3) is 1.57. The van der Waals surface area contributed by atoms with Gasteiger partial charge in [-0.2, -0.15) is 0 Å². The lowest BCUT2D eigenvalue weighted by atomic mass is 10.1. The first-order valence-corrected chi connectivity index (χ1v) is 5.26. The molecule has 0 aliphatic heterocycles. The van der Waals surface area contributed by atoms with Crippen molar-refractivity contribution < 1.29 is 0 Å². The maximum atomic E-state index is 4.59. The molecule has 1 nitrogen and oxygen atoms in total. The Kier molecular flexibility index (Phi) is 2.15. The van der Waals surface area contributed by atoms with Crippen molar-refractivity contribution in [2.45, 2.75) is 0 Å². The number of aromatic nitrogens is 1. The summed E-state index contributed by atoms with van der Waals surface area (Å²) in [5, 5.41) is 1.13. The van der Waals surface area contributed by atoms with Gasteiger partial charge in [0.15, 0.2) is 0 Å². The van der Waals surface area contributed by atoms with Gasteiger partial charge >= 0.3 is 0 Å². The summed E-state index contributed by atoms with van der Waals surface area (Å²) < 4.78 is 0. The van der Waals surface area contributed by atoms with Crippen molar-refractivity contribution in [2.24, 2.45) is 0 Å². The fraction of sp³-hybridized carbons (Fsp3) is 0. The summed E-state index contributed by atoms with van der Waals surface area (Å²) in [6.07, 6.45) is 0. The van der Waals surface area contributed by atoms with E-state index in [1.54, 1.807) is 0 Å². The van der Waals surface area contributed by atoms with Crippen LogP contribution < -0.4 is 0 Å². The lowest BCUT2D eigenvalue weighted by Crippen LogP contribution is -1.84. The number of hydrogen-bond acceptors (Lipinski definition) is 1. The molecule has 1 aromatic heterocycles. The molecular formula is C15H10N. The summed E-state index contributed by atoms with van der Waals surface area (Å²) in [6, 6.07) is 23.4. The van der Waals surface area contributed by atoms with Gasteiger partial charge in [-0.3, -0.25) is 0 Å². The largest absolute Gasteiger partial charge is 0.247 e. The van der Waals surface area contributed by atoms with E-state index >= 15 is 0 Å². The Morgan fingerprint density at radius 3 is 2.44 bits per heavy atom. The van der Waals surface area contributed by atoms with E-state index in [2.05, 4.69) is 11.1 Å². The van der Waals surface area contributed by atoms with Gasteiger partial charge in [-0.25, -0.2) is 4.98 Å². The summed E-state index contributed by atoms with van der Waals surface area (Å²) in [4.78, 5) is 4.59. The van der Waals surface area contributed by atoms with Gasteiger partial charge in [-0.15, -0.1) is 0 Å². The molecule has 0 spiro atoms. The smallest absolute Gasteiger partial charge is 0.0788 e. The lowest BCUT2D eigenvalue weighted by molar-refractivity contribution is 1.39. The van der Waals surface area contributed by atoms with Gasteiger partial charge in [0.1, 0.15) is 0 Å². The van der Waals surface area contributed by atoms with Crippen LogP contribution in [0.15, 0.2) is 60.7 Å². The molecule has 0 saturated carbocycles. The molecule has 1 radical (unpaired) electrons. The number of para-hydroxylation sites is 1. The standard InChI is InChI=1S/C15H10N/c1-2-6-12(7-3-1)15-11-10-13-8-4-5-9-14(13)16-15/h1-10H. The molecule has 0 aliphatic rings. The minimum Gasteiger partial charge on any atom is -0.247 e. The van der Waals surface area contributed by atoms with E-state index in [4.69, 9.17) is 0 Å². The second kappa shape index (κ2) is 3.78. The van der Waals surface area contributed by atoms with Crippen molar-refractivity contribution in [2.75, 3.05) is 0 Å². The van der Waals surface area contributed by atoms with Crippen LogP contribution in [0.1, 0.15) is 0 Å². The van der Waals surface area contributed by atoms with Crippen LogP contribution in [0, 0.1) is 6.07 Å². The molecule has 3 rings (SSSR count). The van der Waals surface area contributed by atoms with Crippen LogP contribution in [-0.4, -0.2) is 4.98 Å². The first-order valence-electron chi connectivity index (χ1n) is 5.26. The number of hydrogen-bond donors (Lipinski definition) is 0. The van der Waals surface area contributed by atoms with E-state index in [-0.39, 0.29) is 0 Å². The molecule has 0 N–H and O–H groups in total. The average Bonchev–Trinajstić information content (AvgIpc) is 2.39. The van der Waals surface area contributed by atoms with Gasteiger partial charge in [0.2, 0.25) is 0 Å². The van der Waals surface area contributed by atoms with Gasteiger partial charge < -0.3 is 0 Å². The molecule has 1 heterocycles. The average molecular weight is 204 g/mol.